The highest BCUT2D eigenvalue weighted by Crippen LogP contribution is 2.34. The maximum atomic E-state index is 13.6. The van der Waals surface area contributed by atoms with Crippen molar-refractivity contribution >= 4 is 11.9 Å². The molecule has 3 rings (SSSR count). The highest BCUT2D eigenvalue weighted by atomic mass is 16.2. The van der Waals surface area contributed by atoms with Crippen molar-refractivity contribution in [1.29, 1.82) is 0 Å². The van der Waals surface area contributed by atoms with Gasteiger partial charge in [-0.1, -0.05) is 74.4 Å². The van der Waals surface area contributed by atoms with Crippen LogP contribution >= 0.6 is 0 Å². The molecule has 0 spiro atoms. The summed E-state index contributed by atoms with van der Waals surface area (Å²) >= 11 is 0. The number of carbonyl (C=O) groups excluding carboxylic acids is 1. The van der Waals surface area contributed by atoms with Crippen molar-refractivity contribution in [3.63, 3.8) is 0 Å². The molecule has 3 N–H and O–H groups in total. The summed E-state index contributed by atoms with van der Waals surface area (Å²) in [6, 6.07) is 18.0. The van der Waals surface area contributed by atoms with Gasteiger partial charge in [0.25, 0.3) is 5.91 Å². The molecule has 0 aromatic heterocycles. The van der Waals surface area contributed by atoms with Crippen LogP contribution in [0.4, 0.5) is 0 Å². The van der Waals surface area contributed by atoms with Crippen molar-refractivity contribution in [3.8, 4) is 0 Å². The number of nitrogens with two attached hydrogens (primary N) is 1. The van der Waals surface area contributed by atoms with Gasteiger partial charge in [-0.05, 0) is 23.1 Å². The van der Waals surface area contributed by atoms with Crippen LogP contribution in [0.2, 0.25) is 0 Å². The van der Waals surface area contributed by atoms with Gasteiger partial charge in [0, 0.05) is 13.6 Å². The van der Waals surface area contributed by atoms with Crippen LogP contribution < -0.4 is 11.1 Å². The van der Waals surface area contributed by atoms with Crippen LogP contribution in [0.15, 0.2) is 59.6 Å². The smallest absolute Gasteiger partial charge is 0.260 e. The summed E-state index contributed by atoms with van der Waals surface area (Å²) in [7, 11) is 1.72. The van der Waals surface area contributed by atoms with Gasteiger partial charge in [0.1, 0.15) is 5.54 Å². The number of hydrogen-bond donors (Lipinski definition) is 2. The molecular formula is C22H28N4O. The molecule has 5 nitrogen and oxygen atoms in total. The molecule has 2 aromatic carbocycles. The molecule has 1 fully saturated rings. The molecule has 5 heteroatoms. The Kier molecular flexibility index (Phi) is 5.91. The number of nitrogens with zero attached hydrogens (tertiary/aromatic N) is 2. The molecule has 1 atom stereocenters. The van der Waals surface area contributed by atoms with E-state index in [1.807, 2.05) is 54.6 Å². The van der Waals surface area contributed by atoms with E-state index in [1.54, 1.807) is 11.9 Å². The van der Waals surface area contributed by atoms with E-state index >= 15 is 0 Å². The fourth-order valence-electron chi connectivity index (χ4n) is 3.60. The van der Waals surface area contributed by atoms with E-state index in [0.717, 1.165) is 36.0 Å². The fraction of sp³-hybridized carbons (Fsp3) is 0.364. The lowest BCUT2D eigenvalue weighted by Gasteiger charge is -2.27. The van der Waals surface area contributed by atoms with Crippen LogP contribution in [-0.4, -0.2) is 23.8 Å². The van der Waals surface area contributed by atoms with E-state index in [-0.39, 0.29) is 5.91 Å². The summed E-state index contributed by atoms with van der Waals surface area (Å²) in [6.45, 7) is 3.15. The van der Waals surface area contributed by atoms with Crippen molar-refractivity contribution in [3.05, 3.63) is 71.3 Å². The molecule has 1 saturated heterocycles. The fourth-order valence-corrected chi connectivity index (χ4v) is 3.60. The van der Waals surface area contributed by atoms with Gasteiger partial charge in [0.05, 0.1) is 6.54 Å². The topological polar surface area (TPSA) is 70.7 Å². The Morgan fingerprint density at radius 3 is 2.33 bits per heavy atom. The molecule has 1 heterocycles. The van der Waals surface area contributed by atoms with Crippen LogP contribution in [-0.2, 0) is 23.4 Å². The summed E-state index contributed by atoms with van der Waals surface area (Å²) in [5, 5.41) is 3.45. The molecule has 1 unspecified atom stereocenters. The van der Waals surface area contributed by atoms with Crippen LogP contribution in [0.5, 0.6) is 0 Å². The normalized spacial score (nSPS) is 20.9. The minimum absolute atomic E-state index is 0.0608. The van der Waals surface area contributed by atoms with Crippen molar-refractivity contribution in [2.45, 2.75) is 44.8 Å². The van der Waals surface area contributed by atoms with E-state index in [4.69, 9.17) is 5.73 Å². The zero-order valence-corrected chi connectivity index (χ0v) is 16.1. The zero-order chi connectivity index (χ0) is 19.3. The van der Waals surface area contributed by atoms with Gasteiger partial charge in [-0.3, -0.25) is 14.7 Å². The number of aliphatic imine (C=N–C) groups is 1. The third-order valence-corrected chi connectivity index (χ3v) is 5.17. The molecule has 142 valence electrons. The molecule has 0 saturated carbocycles. The van der Waals surface area contributed by atoms with Crippen LogP contribution in [0.1, 0.15) is 42.9 Å². The lowest BCUT2D eigenvalue weighted by Crippen LogP contribution is -2.44. The minimum Gasteiger partial charge on any atom is -0.338 e. The average Bonchev–Trinajstić information content (AvgIpc) is 3.00. The Bertz CT molecular complexity index is 801. The second kappa shape index (κ2) is 8.35. The Morgan fingerprint density at radius 2 is 1.74 bits per heavy atom. The maximum Gasteiger partial charge on any atom is 0.260 e. The monoisotopic (exact) mass is 364 g/mol. The molecule has 0 radical (unpaired) electrons. The number of nitrogens with one attached hydrogen (secondary N) is 1. The number of unbranched alkanes of at least 4 members (excludes halogenated alkanes) is 1. The summed E-state index contributed by atoms with van der Waals surface area (Å²) in [4.78, 5) is 19.7. The van der Waals surface area contributed by atoms with Gasteiger partial charge in [0.2, 0.25) is 5.96 Å². The summed E-state index contributed by atoms with van der Waals surface area (Å²) < 4.78 is 0. The second-order valence-electron chi connectivity index (χ2n) is 6.96. The van der Waals surface area contributed by atoms with Crippen LogP contribution in [0, 0.1) is 0 Å². The van der Waals surface area contributed by atoms with Gasteiger partial charge in [-0.2, -0.15) is 0 Å². The number of guanidine groups is 1. The number of amides is 1. The highest BCUT2D eigenvalue weighted by Gasteiger charge is 2.50. The molecule has 27 heavy (non-hydrogen) atoms. The minimum atomic E-state index is -0.747. The standard InChI is InChI=1S/C22H28N4O/c1-3-4-14-22(19-8-6-5-7-9-19)20(27)26(21(24-2)25-22)16-18-12-10-17(15-23)11-13-18/h5-13H,3-4,14-16,23H2,1-2H3,(H,24,25). The summed E-state index contributed by atoms with van der Waals surface area (Å²) in [5.41, 5.74) is 8.06. The average molecular weight is 364 g/mol. The van der Waals surface area contributed by atoms with Crippen molar-refractivity contribution < 1.29 is 4.79 Å². The second-order valence-corrected chi connectivity index (χ2v) is 6.96. The molecule has 0 bridgehead atoms. The summed E-state index contributed by atoms with van der Waals surface area (Å²) in [6.07, 6.45) is 2.74. The number of benzene rings is 2. The molecule has 1 aliphatic heterocycles. The first-order valence-electron chi connectivity index (χ1n) is 9.55. The van der Waals surface area contributed by atoms with Crippen molar-refractivity contribution in [2.24, 2.45) is 10.7 Å². The number of carbonyl (C=O) groups is 1. The Balaban J connectivity index is 1.94. The zero-order valence-electron chi connectivity index (χ0n) is 16.1. The van der Waals surface area contributed by atoms with Crippen molar-refractivity contribution in [1.82, 2.24) is 10.2 Å². The van der Waals surface area contributed by atoms with E-state index in [2.05, 4.69) is 17.2 Å². The summed E-state index contributed by atoms with van der Waals surface area (Å²) in [5.74, 6) is 0.688. The van der Waals surface area contributed by atoms with E-state index in [0.29, 0.717) is 19.0 Å². The lowest BCUT2D eigenvalue weighted by atomic mass is 9.85. The van der Waals surface area contributed by atoms with Crippen LogP contribution in [0.3, 0.4) is 0 Å². The maximum absolute atomic E-state index is 13.6. The first-order chi connectivity index (χ1) is 13.1. The molecular weight excluding hydrogens is 336 g/mol. The van der Waals surface area contributed by atoms with Gasteiger partial charge in [-0.15, -0.1) is 0 Å². The van der Waals surface area contributed by atoms with Gasteiger partial charge >= 0.3 is 0 Å². The third kappa shape index (κ3) is 3.74. The Morgan fingerprint density at radius 1 is 1.07 bits per heavy atom. The van der Waals surface area contributed by atoms with Gasteiger partial charge < -0.3 is 11.1 Å². The molecule has 1 aliphatic rings. The van der Waals surface area contributed by atoms with Gasteiger partial charge in [0.15, 0.2) is 0 Å². The van der Waals surface area contributed by atoms with E-state index < -0.39 is 5.54 Å². The first-order valence-corrected chi connectivity index (χ1v) is 9.55. The molecule has 2 aromatic rings. The number of hydrogen-bond acceptors (Lipinski definition) is 3. The van der Waals surface area contributed by atoms with E-state index in [1.165, 1.54) is 0 Å². The SMILES string of the molecule is CCCCC1(c2ccccc2)NC(=NC)N(Cc2ccc(CN)cc2)C1=O. The molecule has 0 aliphatic carbocycles. The van der Waals surface area contributed by atoms with Crippen molar-refractivity contribution in [2.75, 3.05) is 7.05 Å². The highest BCUT2D eigenvalue weighted by molar-refractivity contribution is 6.09. The van der Waals surface area contributed by atoms with Gasteiger partial charge in [-0.25, -0.2) is 0 Å². The Hall–Kier alpha value is -2.66. The quantitative estimate of drug-likeness (QED) is 0.793. The largest absolute Gasteiger partial charge is 0.338 e. The first kappa shape index (κ1) is 19.1. The lowest BCUT2D eigenvalue weighted by molar-refractivity contribution is -0.132. The Labute approximate surface area is 161 Å². The van der Waals surface area contributed by atoms with E-state index in [9.17, 15) is 4.79 Å². The predicted octanol–water partition coefficient (Wildman–Crippen LogP) is 3.15. The van der Waals surface area contributed by atoms with Crippen LogP contribution in [0.25, 0.3) is 0 Å². The number of rotatable bonds is 7. The predicted molar refractivity (Wildman–Crippen MR) is 109 cm³/mol. The molecule has 1 amide bonds. The third-order valence-electron chi connectivity index (χ3n) is 5.17.